The normalized spacial score (nSPS) is 28.1. The minimum Gasteiger partial charge on any atom is -0.385 e. The molecule has 1 fully saturated rings. The third-order valence-electron chi connectivity index (χ3n) is 3.84. The maximum Gasteiger partial charge on any atom is 0.129 e. The largest absolute Gasteiger partial charge is 0.385 e. The molecule has 1 N–H and O–H groups in total. The van der Waals surface area contributed by atoms with Gasteiger partial charge < -0.3 is 5.11 Å². The fraction of sp³-hybridized carbons (Fsp3) is 0.600. The first-order chi connectivity index (χ1) is 7.82. The van der Waals surface area contributed by atoms with Gasteiger partial charge in [0.2, 0.25) is 0 Å². The Kier molecular flexibility index (Phi) is 3.03. The molecule has 0 aliphatic heterocycles. The summed E-state index contributed by atoms with van der Waals surface area (Å²) in [6.07, 6.45) is 3.36. The van der Waals surface area contributed by atoms with Gasteiger partial charge in [-0.15, -0.1) is 0 Å². The Morgan fingerprint density at radius 1 is 1.24 bits per heavy atom. The van der Waals surface area contributed by atoms with Crippen LogP contribution in [0.2, 0.25) is 0 Å². The van der Waals surface area contributed by atoms with E-state index in [9.17, 15) is 9.50 Å². The minimum absolute atomic E-state index is 0.0865. The van der Waals surface area contributed by atoms with Crippen LogP contribution in [0.4, 0.5) is 4.39 Å². The van der Waals surface area contributed by atoms with E-state index in [2.05, 4.69) is 13.8 Å². The van der Waals surface area contributed by atoms with E-state index < -0.39 is 5.60 Å². The zero-order chi connectivity index (χ0) is 12.7. The second-order valence-electron chi connectivity index (χ2n) is 6.21. The number of hydrogen-bond donors (Lipinski definition) is 1. The molecule has 1 aliphatic rings. The van der Waals surface area contributed by atoms with Crippen molar-refractivity contribution >= 4 is 0 Å². The van der Waals surface area contributed by atoms with Crippen molar-refractivity contribution in [2.24, 2.45) is 5.41 Å². The molecular formula is C15H21FO. The number of benzene rings is 1. The van der Waals surface area contributed by atoms with E-state index in [1.54, 1.807) is 12.1 Å². The van der Waals surface area contributed by atoms with Crippen molar-refractivity contribution in [1.82, 2.24) is 0 Å². The smallest absolute Gasteiger partial charge is 0.129 e. The van der Waals surface area contributed by atoms with Crippen LogP contribution < -0.4 is 0 Å². The summed E-state index contributed by atoms with van der Waals surface area (Å²) >= 11 is 0. The Labute approximate surface area is 103 Å². The maximum atomic E-state index is 13.9. The van der Waals surface area contributed by atoms with Gasteiger partial charge in [0.05, 0.1) is 5.60 Å². The van der Waals surface area contributed by atoms with Crippen molar-refractivity contribution in [3.05, 3.63) is 35.1 Å². The summed E-state index contributed by atoms with van der Waals surface area (Å²) in [6.45, 7) is 6.22. The number of aliphatic hydroxyl groups is 1. The summed E-state index contributed by atoms with van der Waals surface area (Å²) in [4.78, 5) is 0. The lowest BCUT2D eigenvalue weighted by molar-refractivity contribution is -0.0465. The third kappa shape index (κ3) is 2.52. The molecule has 1 aromatic carbocycles. The van der Waals surface area contributed by atoms with Gasteiger partial charge in [-0.25, -0.2) is 4.39 Å². The van der Waals surface area contributed by atoms with Crippen LogP contribution in [-0.2, 0) is 5.60 Å². The molecule has 1 nitrogen and oxygen atoms in total. The number of halogens is 1. The van der Waals surface area contributed by atoms with Crippen molar-refractivity contribution < 1.29 is 9.50 Å². The summed E-state index contributed by atoms with van der Waals surface area (Å²) in [6, 6.07) is 5.00. The Bertz CT molecular complexity index is 425. The van der Waals surface area contributed by atoms with Gasteiger partial charge in [0.25, 0.3) is 0 Å². The van der Waals surface area contributed by atoms with Crippen LogP contribution in [-0.4, -0.2) is 5.11 Å². The first-order valence-electron chi connectivity index (χ1n) is 6.31. The monoisotopic (exact) mass is 236 g/mol. The summed E-state index contributed by atoms with van der Waals surface area (Å²) in [5.41, 5.74) is 0.574. The Balaban J connectivity index is 2.40. The highest BCUT2D eigenvalue weighted by Gasteiger charge is 2.41. The van der Waals surface area contributed by atoms with Gasteiger partial charge in [-0.3, -0.25) is 0 Å². The van der Waals surface area contributed by atoms with Crippen LogP contribution in [0.1, 0.15) is 50.7 Å². The van der Waals surface area contributed by atoms with Crippen LogP contribution in [0.15, 0.2) is 18.2 Å². The van der Waals surface area contributed by atoms with Crippen molar-refractivity contribution in [2.45, 2.75) is 52.1 Å². The standard InChI is InChI=1S/C15H21FO/c1-11-5-6-13(16)12(9-11)15(17)8-4-7-14(2,3)10-15/h5-6,9,17H,4,7-8,10H2,1-3H3. The van der Waals surface area contributed by atoms with Gasteiger partial charge in [0, 0.05) is 5.56 Å². The van der Waals surface area contributed by atoms with E-state index in [0.29, 0.717) is 18.4 Å². The molecule has 17 heavy (non-hydrogen) atoms. The lowest BCUT2D eigenvalue weighted by Crippen LogP contribution is -2.37. The molecule has 94 valence electrons. The van der Waals surface area contributed by atoms with Gasteiger partial charge in [-0.1, -0.05) is 31.5 Å². The summed E-state index contributed by atoms with van der Waals surface area (Å²) in [5, 5.41) is 10.7. The second kappa shape index (κ2) is 4.09. The molecule has 1 aliphatic carbocycles. The predicted molar refractivity (Wildman–Crippen MR) is 67.3 cm³/mol. The van der Waals surface area contributed by atoms with E-state index in [-0.39, 0.29) is 11.2 Å². The zero-order valence-electron chi connectivity index (χ0n) is 10.9. The van der Waals surface area contributed by atoms with Gasteiger partial charge in [-0.2, -0.15) is 0 Å². The summed E-state index contributed by atoms with van der Waals surface area (Å²) < 4.78 is 13.9. The number of aryl methyl sites for hydroxylation is 1. The zero-order valence-corrected chi connectivity index (χ0v) is 10.9. The van der Waals surface area contributed by atoms with Crippen LogP contribution >= 0.6 is 0 Å². The fourth-order valence-corrected chi connectivity index (χ4v) is 3.05. The Morgan fingerprint density at radius 3 is 2.59 bits per heavy atom. The quantitative estimate of drug-likeness (QED) is 0.783. The SMILES string of the molecule is Cc1ccc(F)c(C2(O)CCCC(C)(C)C2)c1. The number of rotatable bonds is 1. The highest BCUT2D eigenvalue weighted by atomic mass is 19.1. The maximum absolute atomic E-state index is 13.9. The molecule has 2 heteroatoms. The summed E-state index contributed by atoms with van der Waals surface area (Å²) in [7, 11) is 0. The molecule has 1 atom stereocenters. The minimum atomic E-state index is -0.988. The molecule has 1 unspecified atom stereocenters. The van der Waals surface area contributed by atoms with Crippen molar-refractivity contribution in [1.29, 1.82) is 0 Å². The van der Waals surface area contributed by atoms with Crippen molar-refractivity contribution in [3.8, 4) is 0 Å². The number of hydrogen-bond acceptors (Lipinski definition) is 1. The first-order valence-corrected chi connectivity index (χ1v) is 6.31. The lowest BCUT2D eigenvalue weighted by atomic mass is 9.67. The molecular weight excluding hydrogens is 215 g/mol. The molecule has 0 saturated heterocycles. The second-order valence-corrected chi connectivity index (χ2v) is 6.21. The van der Waals surface area contributed by atoms with Crippen LogP contribution in [0.25, 0.3) is 0 Å². The molecule has 0 amide bonds. The molecule has 0 radical (unpaired) electrons. The molecule has 0 aromatic heterocycles. The van der Waals surface area contributed by atoms with Gasteiger partial charge in [-0.05, 0) is 44.1 Å². The van der Waals surface area contributed by atoms with Crippen LogP contribution in [0.3, 0.4) is 0 Å². The highest BCUT2D eigenvalue weighted by molar-refractivity contribution is 5.30. The molecule has 1 aromatic rings. The van der Waals surface area contributed by atoms with E-state index in [1.165, 1.54) is 6.07 Å². The first kappa shape index (κ1) is 12.6. The van der Waals surface area contributed by atoms with E-state index >= 15 is 0 Å². The topological polar surface area (TPSA) is 20.2 Å². The van der Waals surface area contributed by atoms with Gasteiger partial charge in [0.1, 0.15) is 5.82 Å². The summed E-state index contributed by atoms with van der Waals surface area (Å²) in [5.74, 6) is -0.282. The Morgan fingerprint density at radius 2 is 1.94 bits per heavy atom. The molecule has 0 heterocycles. The van der Waals surface area contributed by atoms with Crippen LogP contribution in [0.5, 0.6) is 0 Å². The average Bonchev–Trinajstić information content (AvgIpc) is 2.19. The van der Waals surface area contributed by atoms with E-state index in [4.69, 9.17) is 0 Å². The molecule has 1 saturated carbocycles. The average molecular weight is 236 g/mol. The Hall–Kier alpha value is -0.890. The molecule has 0 spiro atoms. The van der Waals surface area contributed by atoms with Crippen LogP contribution in [0, 0.1) is 18.2 Å². The van der Waals surface area contributed by atoms with Crippen molar-refractivity contribution in [2.75, 3.05) is 0 Å². The van der Waals surface area contributed by atoms with Gasteiger partial charge in [0.15, 0.2) is 0 Å². The fourth-order valence-electron chi connectivity index (χ4n) is 3.05. The van der Waals surface area contributed by atoms with E-state index in [1.807, 2.05) is 6.92 Å². The molecule has 2 rings (SSSR count). The van der Waals surface area contributed by atoms with E-state index in [0.717, 1.165) is 18.4 Å². The van der Waals surface area contributed by atoms with Crippen molar-refractivity contribution in [3.63, 3.8) is 0 Å². The lowest BCUT2D eigenvalue weighted by Gasteiger charge is -2.42. The predicted octanol–water partition coefficient (Wildman–Crippen LogP) is 3.92. The third-order valence-corrected chi connectivity index (χ3v) is 3.84. The van der Waals surface area contributed by atoms with Gasteiger partial charge >= 0.3 is 0 Å². The molecule has 0 bridgehead atoms. The highest BCUT2D eigenvalue weighted by Crippen LogP contribution is 2.46.